The molecule has 23 heavy (non-hydrogen) atoms. The minimum absolute atomic E-state index is 0.0188. The average molecular weight is 343 g/mol. The van der Waals surface area contributed by atoms with Crippen LogP contribution >= 0.6 is 11.6 Å². The van der Waals surface area contributed by atoms with Crippen LogP contribution in [-0.4, -0.2) is 56.7 Å². The highest BCUT2D eigenvalue weighted by Gasteiger charge is 2.21. The molecule has 1 atom stereocenters. The fraction of sp³-hybridized carbons (Fsp3) is 0.500. The molecule has 0 saturated heterocycles. The lowest BCUT2D eigenvalue weighted by Crippen LogP contribution is -2.43. The van der Waals surface area contributed by atoms with Gasteiger partial charge in [-0.3, -0.25) is 9.59 Å². The third kappa shape index (κ3) is 7.34. The number of methoxy groups -OCH3 is 1. The number of ether oxygens (including phenoxy) is 2. The summed E-state index contributed by atoms with van der Waals surface area (Å²) in [5.74, 6) is 0.0136. The molecule has 7 heteroatoms. The normalized spacial score (nSPS) is 11.7. The zero-order valence-corrected chi connectivity index (χ0v) is 14.4. The van der Waals surface area contributed by atoms with E-state index in [1.54, 1.807) is 45.3 Å². The number of carbonyl (C=O) groups is 2. The fourth-order valence-electron chi connectivity index (χ4n) is 1.90. The number of amides is 2. The van der Waals surface area contributed by atoms with Crippen molar-refractivity contribution in [2.24, 2.45) is 0 Å². The van der Waals surface area contributed by atoms with Gasteiger partial charge in [-0.25, -0.2) is 0 Å². The Balaban J connectivity index is 2.41. The van der Waals surface area contributed by atoms with E-state index in [1.165, 1.54) is 4.90 Å². The molecule has 0 aromatic heterocycles. The Morgan fingerprint density at radius 1 is 1.39 bits per heavy atom. The van der Waals surface area contributed by atoms with Gasteiger partial charge in [0.05, 0.1) is 6.54 Å². The van der Waals surface area contributed by atoms with Gasteiger partial charge in [0, 0.05) is 32.3 Å². The SMILES string of the molecule is COCCCNC(=O)CN(C)C(=O)C(C)Oc1cccc(Cl)c1. The number of benzene rings is 1. The van der Waals surface area contributed by atoms with E-state index in [2.05, 4.69) is 5.32 Å². The first-order valence-electron chi connectivity index (χ1n) is 7.37. The van der Waals surface area contributed by atoms with Gasteiger partial charge in [-0.05, 0) is 31.5 Å². The van der Waals surface area contributed by atoms with Gasteiger partial charge in [-0.2, -0.15) is 0 Å². The maximum absolute atomic E-state index is 12.2. The molecule has 1 aromatic rings. The molecule has 128 valence electrons. The minimum Gasteiger partial charge on any atom is -0.481 e. The van der Waals surface area contributed by atoms with Gasteiger partial charge in [0.25, 0.3) is 5.91 Å². The van der Waals surface area contributed by atoms with E-state index in [0.29, 0.717) is 23.9 Å². The average Bonchev–Trinajstić information content (AvgIpc) is 2.50. The van der Waals surface area contributed by atoms with E-state index in [9.17, 15) is 9.59 Å². The fourth-order valence-corrected chi connectivity index (χ4v) is 2.08. The summed E-state index contributed by atoms with van der Waals surface area (Å²) in [6.45, 7) is 2.72. The second-order valence-corrected chi connectivity index (χ2v) is 5.54. The zero-order valence-electron chi connectivity index (χ0n) is 13.7. The molecular formula is C16H23ClN2O4. The number of likely N-dealkylation sites (N-methyl/N-ethyl adjacent to an activating group) is 1. The highest BCUT2D eigenvalue weighted by atomic mass is 35.5. The maximum Gasteiger partial charge on any atom is 0.263 e. The van der Waals surface area contributed by atoms with Crippen molar-refractivity contribution < 1.29 is 19.1 Å². The number of nitrogens with zero attached hydrogens (tertiary/aromatic N) is 1. The van der Waals surface area contributed by atoms with Gasteiger partial charge in [-0.1, -0.05) is 17.7 Å². The van der Waals surface area contributed by atoms with Crippen LogP contribution in [-0.2, 0) is 14.3 Å². The number of carbonyl (C=O) groups excluding carboxylic acids is 2. The van der Waals surface area contributed by atoms with Crippen LogP contribution in [0.4, 0.5) is 0 Å². The summed E-state index contributed by atoms with van der Waals surface area (Å²) in [7, 11) is 3.17. The number of hydrogen-bond acceptors (Lipinski definition) is 4. The Morgan fingerprint density at radius 2 is 2.13 bits per heavy atom. The standard InChI is InChI=1S/C16H23ClN2O4/c1-12(23-14-7-4-6-13(17)10-14)16(21)19(2)11-15(20)18-8-5-9-22-3/h4,6-7,10,12H,5,8-9,11H2,1-3H3,(H,18,20). The van der Waals surface area contributed by atoms with Crippen molar-refractivity contribution in [2.75, 3.05) is 33.9 Å². The predicted octanol–water partition coefficient (Wildman–Crippen LogP) is 1.72. The Morgan fingerprint density at radius 3 is 2.78 bits per heavy atom. The molecule has 0 aliphatic rings. The van der Waals surface area contributed by atoms with E-state index in [-0.39, 0.29) is 18.4 Å². The molecule has 6 nitrogen and oxygen atoms in total. The lowest BCUT2D eigenvalue weighted by atomic mass is 10.3. The molecule has 2 amide bonds. The molecule has 0 bridgehead atoms. The van der Waals surface area contributed by atoms with E-state index >= 15 is 0 Å². The summed E-state index contributed by atoms with van der Waals surface area (Å²) in [5, 5.41) is 3.26. The number of rotatable bonds is 9. The lowest BCUT2D eigenvalue weighted by molar-refractivity contribution is -0.139. The van der Waals surface area contributed by atoms with E-state index in [4.69, 9.17) is 21.1 Å². The van der Waals surface area contributed by atoms with Crippen LogP contribution in [0.3, 0.4) is 0 Å². The summed E-state index contributed by atoms with van der Waals surface area (Å²) in [6.07, 6.45) is 0.0218. The van der Waals surface area contributed by atoms with Gasteiger partial charge < -0.3 is 19.7 Å². The minimum atomic E-state index is -0.709. The van der Waals surface area contributed by atoms with Crippen molar-refractivity contribution >= 4 is 23.4 Å². The molecule has 0 radical (unpaired) electrons. The van der Waals surface area contributed by atoms with E-state index < -0.39 is 6.10 Å². The van der Waals surface area contributed by atoms with Crippen molar-refractivity contribution in [2.45, 2.75) is 19.4 Å². The Hall–Kier alpha value is -1.79. The summed E-state index contributed by atoms with van der Waals surface area (Å²) in [4.78, 5) is 25.3. The van der Waals surface area contributed by atoms with Gasteiger partial charge >= 0.3 is 0 Å². The highest BCUT2D eigenvalue weighted by molar-refractivity contribution is 6.30. The molecule has 1 rings (SSSR count). The van der Waals surface area contributed by atoms with E-state index in [0.717, 1.165) is 6.42 Å². The molecule has 1 N–H and O–H groups in total. The first-order valence-corrected chi connectivity index (χ1v) is 7.74. The number of hydrogen-bond donors (Lipinski definition) is 1. The largest absolute Gasteiger partial charge is 0.481 e. The molecule has 0 heterocycles. The van der Waals surface area contributed by atoms with Gasteiger partial charge in [-0.15, -0.1) is 0 Å². The molecule has 0 fully saturated rings. The monoisotopic (exact) mass is 342 g/mol. The number of nitrogens with one attached hydrogen (secondary N) is 1. The summed E-state index contributed by atoms with van der Waals surface area (Å²) < 4.78 is 10.4. The van der Waals surface area contributed by atoms with Crippen molar-refractivity contribution in [3.05, 3.63) is 29.3 Å². The third-order valence-electron chi connectivity index (χ3n) is 3.06. The third-order valence-corrected chi connectivity index (χ3v) is 3.30. The maximum atomic E-state index is 12.2. The van der Waals surface area contributed by atoms with Crippen LogP contribution in [0.25, 0.3) is 0 Å². The molecule has 0 aliphatic carbocycles. The van der Waals surface area contributed by atoms with Crippen LogP contribution < -0.4 is 10.1 Å². The molecule has 1 unspecified atom stereocenters. The van der Waals surface area contributed by atoms with Crippen molar-refractivity contribution in [1.29, 1.82) is 0 Å². The first-order chi connectivity index (χ1) is 10.9. The summed E-state index contributed by atoms with van der Waals surface area (Å²) in [6, 6.07) is 6.82. The molecule has 1 aromatic carbocycles. The molecule has 0 spiro atoms. The topological polar surface area (TPSA) is 67.9 Å². The van der Waals surface area contributed by atoms with Crippen LogP contribution in [0.15, 0.2) is 24.3 Å². The Kier molecular flexibility index (Phi) is 8.43. The van der Waals surface area contributed by atoms with E-state index in [1.807, 2.05) is 0 Å². The van der Waals surface area contributed by atoms with Gasteiger partial charge in [0.15, 0.2) is 6.10 Å². The van der Waals surface area contributed by atoms with Crippen molar-refractivity contribution in [1.82, 2.24) is 10.2 Å². The predicted molar refractivity (Wildman–Crippen MR) is 88.7 cm³/mol. The second kappa shape index (κ2) is 10.1. The van der Waals surface area contributed by atoms with Crippen molar-refractivity contribution in [3.63, 3.8) is 0 Å². The van der Waals surface area contributed by atoms with Crippen LogP contribution in [0.5, 0.6) is 5.75 Å². The molecule has 0 aliphatic heterocycles. The molecule has 0 saturated carbocycles. The summed E-state index contributed by atoms with van der Waals surface area (Å²) in [5.41, 5.74) is 0. The van der Waals surface area contributed by atoms with Gasteiger partial charge in [0.2, 0.25) is 5.91 Å². The number of halogens is 1. The van der Waals surface area contributed by atoms with Crippen molar-refractivity contribution in [3.8, 4) is 5.75 Å². The van der Waals surface area contributed by atoms with Gasteiger partial charge in [0.1, 0.15) is 5.75 Å². The highest BCUT2D eigenvalue weighted by Crippen LogP contribution is 2.18. The quantitative estimate of drug-likeness (QED) is 0.694. The lowest BCUT2D eigenvalue weighted by Gasteiger charge is -2.21. The van der Waals surface area contributed by atoms with Crippen LogP contribution in [0.2, 0.25) is 5.02 Å². The second-order valence-electron chi connectivity index (χ2n) is 5.11. The molecular weight excluding hydrogens is 320 g/mol. The van der Waals surface area contributed by atoms with Crippen LogP contribution in [0.1, 0.15) is 13.3 Å². The zero-order chi connectivity index (χ0) is 17.2. The summed E-state index contributed by atoms with van der Waals surface area (Å²) >= 11 is 5.87. The Bertz CT molecular complexity index is 525. The Labute approximate surface area is 141 Å². The smallest absolute Gasteiger partial charge is 0.263 e. The first kappa shape index (κ1) is 19.3. The van der Waals surface area contributed by atoms with Crippen LogP contribution in [0, 0.1) is 0 Å².